The molecule has 0 unspecified atom stereocenters. The third kappa shape index (κ3) is 2.61. The molecule has 0 spiro atoms. The lowest BCUT2D eigenvalue weighted by atomic mass is 10.1. The number of nitrogens with zero attached hydrogens (tertiary/aromatic N) is 1. The summed E-state index contributed by atoms with van der Waals surface area (Å²) in [4.78, 5) is 24.5. The average molecular weight is 248 g/mol. The number of aromatic hydroxyl groups is 1. The summed E-state index contributed by atoms with van der Waals surface area (Å²) >= 11 is 0. The van der Waals surface area contributed by atoms with Crippen LogP contribution in [0.2, 0.25) is 0 Å². The number of hydrogen-bond acceptors (Lipinski definition) is 4. The fraction of sp³-hybridized carbons (Fsp3) is 0.385. The van der Waals surface area contributed by atoms with Crippen molar-refractivity contribution in [3.8, 4) is 5.75 Å². The van der Waals surface area contributed by atoms with Crippen LogP contribution < -0.4 is 10.2 Å². The summed E-state index contributed by atoms with van der Waals surface area (Å²) in [5, 5.41) is 12.6. The molecule has 2 rings (SSSR count). The van der Waals surface area contributed by atoms with Gasteiger partial charge in [0.15, 0.2) is 5.78 Å². The summed E-state index contributed by atoms with van der Waals surface area (Å²) in [6.07, 6.45) is 0.440. The number of hydrogen-bond donors (Lipinski definition) is 2. The van der Waals surface area contributed by atoms with E-state index in [4.69, 9.17) is 0 Å². The van der Waals surface area contributed by atoms with E-state index in [1.807, 2.05) is 4.90 Å². The maximum atomic E-state index is 11.2. The highest BCUT2D eigenvalue weighted by Gasteiger charge is 2.15. The van der Waals surface area contributed by atoms with Gasteiger partial charge in [0.25, 0.3) is 0 Å². The van der Waals surface area contributed by atoms with Crippen molar-refractivity contribution < 1.29 is 14.7 Å². The fourth-order valence-corrected chi connectivity index (χ4v) is 2.04. The molecule has 1 fully saturated rings. The molecule has 1 aliphatic rings. The van der Waals surface area contributed by atoms with E-state index in [2.05, 4.69) is 5.32 Å². The Hall–Kier alpha value is -2.04. The van der Waals surface area contributed by atoms with Gasteiger partial charge in [-0.25, -0.2) is 0 Å². The fourth-order valence-electron chi connectivity index (χ4n) is 2.04. The van der Waals surface area contributed by atoms with Gasteiger partial charge in [-0.05, 0) is 19.1 Å². The van der Waals surface area contributed by atoms with Gasteiger partial charge in [0, 0.05) is 37.8 Å². The van der Waals surface area contributed by atoms with Crippen molar-refractivity contribution in [2.24, 2.45) is 0 Å². The van der Waals surface area contributed by atoms with Crippen molar-refractivity contribution >= 4 is 17.4 Å². The second-order valence-corrected chi connectivity index (χ2v) is 4.34. The molecule has 0 aromatic heterocycles. The first-order valence-electron chi connectivity index (χ1n) is 5.93. The van der Waals surface area contributed by atoms with Crippen LogP contribution in [0, 0.1) is 0 Å². The number of ketones is 1. The number of phenolic OH excluding ortho intramolecular Hbond substituents is 1. The molecule has 96 valence electrons. The van der Waals surface area contributed by atoms with Crippen molar-refractivity contribution in [2.75, 3.05) is 24.5 Å². The van der Waals surface area contributed by atoms with Gasteiger partial charge in [-0.1, -0.05) is 0 Å². The Morgan fingerprint density at radius 2 is 2.17 bits per heavy atom. The van der Waals surface area contributed by atoms with Gasteiger partial charge in [0.05, 0.1) is 5.56 Å². The number of carbonyl (C=O) groups is 2. The van der Waals surface area contributed by atoms with E-state index < -0.39 is 0 Å². The van der Waals surface area contributed by atoms with E-state index in [1.165, 1.54) is 6.92 Å². The Kier molecular flexibility index (Phi) is 3.50. The van der Waals surface area contributed by atoms with E-state index in [9.17, 15) is 14.7 Å². The van der Waals surface area contributed by atoms with Gasteiger partial charge < -0.3 is 15.3 Å². The number of carbonyl (C=O) groups excluding carboxylic acids is 2. The summed E-state index contributed by atoms with van der Waals surface area (Å²) in [7, 11) is 0. The van der Waals surface area contributed by atoms with Crippen molar-refractivity contribution in [1.29, 1.82) is 0 Å². The highest BCUT2D eigenvalue weighted by atomic mass is 16.3. The summed E-state index contributed by atoms with van der Waals surface area (Å²) in [6.45, 7) is 3.33. The molecule has 1 heterocycles. The minimum atomic E-state index is -0.160. The molecule has 1 amide bonds. The molecule has 2 N–H and O–H groups in total. The van der Waals surface area contributed by atoms with Gasteiger partial charge >= 0.3 is 0 Å². The van der Waals surface area contributed by atoms with Crippen molar-refractivity contribution in [1.82, 2.24) is 5.32 Å². The van der Waals surface area contributed by atoms with Crippen molar-refractivity contribution in [3.05, 3.63) is 23.8 Å². The molecule has 1 aromatic rings. The smallest absolute Gasteiger partial charge is 0.221 e. The van der Waals surface area contributed by atoms with Crippen molar-refractivity contribution in [3.63, 3.8) is 0 Å². The van der Waals surface area contributed by atoms with Crippen LogP contribution in [0.5, 0.6) is 5.75 Å². The lowest BCUT2D eigenvalue weighted by Gasteiger charge is -2.22. The molecule has 1 aromatic carbocycles. The standard InChI is InChI=1S/C13H16N2O3/c1-9(16)11-3-2-10(8-12(11)17)15-6-4-13(18)14-5-7-15/h2-3,8,17H,4-7H2,1H3,(H,14,18). The number of rotatable bonds is 2. The zero-order valence-electron chi connectivity index (χ0n) is 10.3. The quantitative estimate of drug-likeness (QED) is 0.764. The molecule has 0 atom stereocenters. The number of benzene rings is 1. The average Bonchev–Trinajstić information content (AvgIpc) is 2.53. The SMILES string of the molecule is CC(=O)c1ccc(N2CCNC(=O)CC2)cc1O. The Bertz CT molecular complexity index is 485. The Morgan fingerprint density at radius 1 is 1.39 bits per heavy atom. The van der Waals surface area contributed by atoms with Crippen LogP contribution >= 0.6 is 0 Å². The van der Waals surface area contributed by atoms with Crippen molar-refractivity contribution in [2.45, 2.75) is 13.3 Å². The Labute approximate surface area is 105 Å². The van der Waals surface area contributed by atoms with Crippen LogP contribution in [-0.4, -0.2) is 36.4 Å². The molecular weight excluding hydrogens is 232 g/mol. The normalized spacial score (nSPS) is 16.1. The zero-order chi connectivity index (χ0) is 13.1. The number of anilines is 1. The predicted octanol–water partition coefficient (Wildman–Crippen LogP) is 0.921. The maximum Gasteiger partial charge on any atom is 0.221 e. The van der Waals surface area contributed by atoms with E-state index >= 15 is 0 Å². The zero-order valence-corrected chi connectivity index (χ0v) is 10.3. The van der Waals surface area contributed by atoms with Gasteiger partial charge in [-0.15, -0.1) is 0 Å². The summed E-state index contributed by atoms with van der Waals surface area (Å²) in [5.41, 5.74) is 1.15. The highest BCUT2D eigenvalue weighted by Crippen LogP contribution is 2.25. The number of amides is 1. The molecule has 0 radical (unpaired) electrons. The van der Waals surface area contributed by atoms with Crippen LogP contribution in [-0.2, 0) is 4.79 Å². The molecule has 5 nitrogen and oxygen atoms in total. The molecule has 18 heavy (non-hydrogen) atoms. The van der Waals surface area contributed by atoms with Crippen LogP contribution in [0.1, 0.15) is 23.7 Å². The topological polar surface area (TPSA) is 69.6 Å². The summed E-state index contributed by atoms with van der Waals surface area (Å²) in [6, 6.07) is 4.99. The lowest BCUT2D eigenvalue weighted by molar-refractivity contribution is -0.120. The van der Waals surface area contributed by atoms with Gasteiger partial charge in [-0.3, -0.25) is 9.59 Å². The van der Waals surface area contributed by atoms with E-state index in [-0.39, 0.29) is 17.4 Å². The molecule has 5 heteroatoms. The van der Waals surface area contributed by atoms with E-state index in [0.29, 0.717) is 31.6 Å². The van der Waals surface area contributed by atoms with Crippen LogP contribution in [0.4, 0.5) is 5.69 Å². The number of Topliss-reactive ketones (excluding diaryl/α,β-unsaturated/α-hetero) is 1. The van der Waals surface area contributed by atoms with E-state index in [1.54, 1.807) is 18.2 Å². The van der Waals surface area contributed by atoms with Gasteiger partial charge in [-0.2, -0.15) is 0 Å². The first kappa shape index (κ1) is 12.4. The lowest BCUT2D eigenvalue weighted by Crippen LogP contribution is -2.28. The summed E-state index contributed by atoms with van der Waals surface area (Å²) in [5.74, 6) is -0.127. The van der Waals surface area contributed by atoms with Crippen LogP contribution in [0.3, 0.4) is 0 Å². The van der Waals surface area contributed by atoms with Gasteiger partial charge in [0.2, 0.25) is 5.91 Å². The first-order valence-corrected chi connectivity index (χ1v) is 5.93. The molecule has 0 aliphatic carbocycles. The number of nitrogens with one attached hydrogen (secondary N) is 1. The Morgan fingerprint density at radius 3 is 2.83 bits per heavy atom. The Balaban J connectivity index is 2.20. The molecule has 1 aliphatic heterocycles. The maximum absolute atomic E-state index is 11.2. The monoisotopic (exact) mass is 248 g/mol. The molecule has 0 saturated carbocycles. The first-order chi connectivity index (χ1) is 8.58. The minimum absolute atomic E-state index is 0.0106. The minimum Gasteiger partial charge on any atom is -0.507 e. The highest BCUT2D eigenvalue weighted by molar-refractivity contribution is 5.97. The van der Waals surface area contributed by atoms with E-state index in [0.717, 1.165) is 5.69 Å². The van der Waals surface area contributed by atoms with Crippen LogP contribution in [0.25, 0.3) is 0 Å². The third-order valence-corrected chi connectivity index (χ3v) is 3.04. The molecule has 1 saturated heterocycles. The molecular formula is C13H16N2O3. The second kappa shape index (κ2) is 5.08. The summed E-state index contributed by atoms with van der Waals surface area (Å²) < 4.78 is 0. The predicted molar refractivity (Wildman–Crippen MR) is 68.0 cm³/mol. The van der Waals surface area contributed by atoms with Crippen LogP contribution in [0.15, 0.2) is 18.2 Å². The molecule has 0 bridgehead atoms. The third-order valence-electron chi connectivity index (χ3n) is 3.04. The second-order valence-electron chi connectivity index (χ2n) is 4.34. The largest absolute Gasteiger partial charge is 0.507 e. The van der Waals surface area contributed by atoms with Gasteiger partial charge in [0.1, 0.15) is 5.75 Å². The number of phenols is 1.